The summed E-state index contributed by atoms with van der Waals surface area (Å²) in [6, 6.07) is 59.3. The number of allylic oxidation sites excluding steroid dienone is 1. The van der Waals surface area contributed by atoms with Crippen LogP contribution in [0.15, 0.2) is 164 Å². The highest BCUT2D eigenvalue weighted by Crippen LogP contribution is 2.47. The summed E-state index contributed by atoms with van der Waals surface area (Å²) in [5, 5.41) is 7.65. The molecule has 1 atom stereocenters. The molecule has 54 heavy (non-hydrogen) atoms. The lowest BCUT2D eigenvalue weighted by Crippen LogP contribution is -2.10. The minimum absolute atomic E-state index is 0.352. The molecule has 0 aliphatic heterocycles. The predicted octanol–water partition coefficient (Wildman–Crippen LogP) is 14.9. The van der Waals surface area contributed by atoms with Crippen LogP contribution in [0.3, 0.4) is 0 Å². The second-order valence-corrected chi connectivity index (χ2v) is 16.1. The lowest BCUT2D eigenvalue weighted by Gasteiger charge is -2.27. The van der Waals surface area contributed by atoms with Crippen molar-refractivity contribution >= 4 is 76.2 Å². The van der Waals surface area contributed by atoms with Gasteiger partial charge in [-0.15, -0.1) is 11.3 Å². The number of benzene rings is 8. The van der Waals surface area contributed by atoms with E-state index in [-0.39, 0.29) is 0 Å². The summed E-state index contributed by atoms with van der Waals surface area (Å²) in [5.41, 5.74) is 13.8. The summed E-state index contributed by atoms with van der Waals surface area (Å²) in [5.74, 6) is 0.352. The molecule has 2 aliphatic rings. The fourth-order valence-electron chi connectivity index (χ4n) is 9.40. The molecule has 1 nitrogen and oxygen atoms in total. The molecule has 1 unspecified atom stereocenters. The largest absolute Gasteiger partial charge is 0.310 e. The highest BCUT2D eigenvalue weighted by atomic mass is 32.1. The van der Waals surface area contributed by atoms with Crippen LogP contribution in [0.2, 0.25) is 0 Å². The van der Waals surface area contributed by atoms with Crippen LogP contribution < -0.4 is 4.90 Å². The Morgan fingerprint density at radius 3 is 2.26 bits per heavy atom. The first-order valence-corrected chi connectivity index (χ1v) is 20.2. The van der Waals surface area contributed by atoms with Gasteiger partial charge < -0.3 is 4.90 Å². The zero-order valence-corrected chi connectivity index (χ0v) is 31.0. The van der Waals surface area contributed by atoms with Gasteiger partial charge in [0.15, 0.2) is 0 Å². The van der Waals surface area contributed by atoms with Crippen LogP contribution in [0, 0.1) is 0 Å². The van der Waals surface area contributed by atoms with Gasteiger partial charge in [-0.2, -0.15) is 0 Å². The van der Waals surface area contributed by atoms with Gasteiger partial charge in [0.05, 0.1) is 5.69 Å². The summed E-state index contributed by atoms with van der Waals surface area (Å²) < 4.78 is 2.68. The number of rotatable bonds is 4. The SMILES string of the molecule is C1=Cc2ccc3c(c2CCC1)-c1ccccc1C(c1ccc2c(c1)sc1cc(N(c4ccc5ccccc5c4)c4cccc5ccccc45)ccc12)CC3. The molecule has 1 aromatic heterocycles. The molecule has 1 heterocycles. The third kappa shape index (κ3) is 5.20. The molecule has 0 amide bonds. The smallest absolute Gasteiger partial charge is 0.0540 e. The van der Waals surface area contributed by atoms with E-state index in [9.17, 15) is 0 Å². The third-order valence-electron chi connectivity index (χ3n) is 12.0. The van der Waals surface area contributed by atoms with Crippen LogP contribution in [-0.2, 0) is 12.8 Å². The van der Waals surface area contributed by atoms with E-state index < -0.39 is 0 Å². The van der Waals surface area contributed by atoms with Crippen LogP contribution in [0.1, 0.15) is 53.0 Å². The van der Waals surface area contributed by atoms with E-state index in [0.717, 1.165) is 31.4 Å². The van der Waals surface area contributed by atoms with Crippen molar-refractivity contribution in [3.8, 4) is 11.1 Å². The number of hydrogen-bond acceptors (Lipinski definition) is 2. The Morgan fingerprint density at radius 2 is 1.31 bits per heavy atom. The molecule has 2 heteroatoms. The molecule has 0 saturated carbocycles. The van der Waals surface area contributed by atoms with Gasteiger partial charge in [-0.25, -0.2) is 0 Å². The Balaban J connectivity index is 1.03. The van der Waals surface area contributed by atoms with E-state index in [1.807, 2.05) is 11.3 Å². The molecule has 0 spiro atoms. The van der Waals surface area contributed by atoms with E-state index in [1.165, 1.54) is 92.9 Å². The first kappa shape index (κ1) is 31.6. The molecule has 2 aliphatic carbocycles. The highest BCUT2D eigenvalue weighted by molar-refractivity contribution is 7.25. The predicted molar refractivity (Wildman–Crippen MR) is 233 cm³/mol. The topological polar surface area (TPSA) is 3.24 Å². The normalized spacial score (nSPS) is 15.1. The minimum Gasteiger partial charge on any atom is -0.310 e. The molecular formula is C52H39NS. The summed E-state index contributed by atoms with van der Waals surface area (Å²) >= 11 is 1.93. The van der Waals surface area contributed by atoms with E-state index in [0.29, 0.717) is 5.92 Å². The maximum Gasteiger partial charge on any atom is 0.0540 e. The summed E-state index contributed by atoms with van der Waals surface area (Å²) in [6.07, 6.45) is 10.5. The Morgan fingerprint density at radius 1 is 0.556 bits per heavy atom. The van der Waals surface area contributed by atoms with Crippen molar-refractivity contribution in [1.29, 1.82) is 0 Å². The van der Waals surface area contributed by atoms with Crippen LogP contribution >= 0.6 is 11.3 Å². The number of hydrogen-bond donors (Lipinski definition) is 0. The van der Waals surface area contributed by atoms with Gasteiger partial charge in [-0.1, -0.05) is 133 Å². The number of nitrogens with zero attached hydrogens (tertiary/aromatic N) is 1. The number of fused-ring (bicyclic) bond motifs is 10. The Bertz CT molecular complexity index is 2940. The molecule has 0 radical (unpaired) electrons. The maximum absolute atomic E-state index is 2.51. The summed E-state index contributed by atoms with van der Waals surface area (Å²) in [6.45, 7) is 0. The molecule has 0 N–H and O–H groups in total. The molecular weight excluding hydrogens is 671 g/mol. The van der Waals surface area contributed by atoms with Crippen molar-refractivity contribution in [3.63, 3.8) is 0 Å². The third-order valence-corrected chi connectivity index (χ3v) is 13.1. The van der Waals surface area contributed by atoms with Gasteiger partial charge in [0, 0.05) is 42.9 Å². The molecule has 0 fully saturated rings. The fraction of sp³-hybridized carbons (Fsp3) is 0.115. The van der Waals surface area contributed by atoms with Crippen molar-refractivity contribution in [3.05, 3.63) is 192 Å². The highest BCUT2D eigenvalue weighted by Gasteiger charge is 2.27. The summed E-state index contributed by atoms with van der Waals surface area (Å²) in [7, 11) is 0. The Kier molecular flexibility index (Phi) is 7.52. The average Bonchev–Trinajstić information content (AvgIpc) is 3.32. The number of anilines is 3. The van der Waals surface area contributed by atoms with Crippen LogP contribution in [0.4, 0.5) is 17.1 Å². The zero-order valence-electron chi connectivity index (χ0n) is 30.1. The van der Waals surface area contributed by atoms with Gasteiger partial charge in [-0.3, -0.25) is 0 Å². The van der Waals surface area contributed by atoms with Crippen molar-refractivity contribution in [2.75, 3.05) is 4.90 Å². The van der Waals surface area contributed by atoms with Gasteiger partial charge in [0.1, 0.15) is 0 Å². The quantitative estimate of drug-likeness (QED) is 0.176. The standard InChI is InChI=1S/C52H39NS/c1-2-12-36-21-22-37-24-28-42(45-18-8-9-19-48(45)52(37)44(36)17-3-1)39-25-29-46-47-30-27-41(33-51(47)54-50(46)32-39)53(40-26-23-34-11-4-5-14-38(34)31-40)49-20-10-15-35-13-6-7-16-43(35)49/h2,4-16,18-23,25-27,29-33,42H,1,3,17,24,28H2. The number of aryl methyl sites for hydroxylation is 1. The van der Waals surface area contributed by atoms with Gasteiger partial charge in [-0.05, 0) is 124 Å². The van der Waals surface area contributed by atoms with Crippen LogP contribution in [0.5, 0.6) is 0 Å². The van der Waals surface area contributed by atoms with E-state index in [4.69, 9.17) is 0 Å². The monoisotopic (exact) mass is 709 g/mol. The van der Waals surface area contributed by atoms with Crippen molar-refractivity contribution in [2.24, 2.45) is 0 Å². The first-order valence-electron chi connectivity index (χ1n) is 19.4. The molecule has 11 rings (SSSR count). The van der Waals surface area contributed by atoms with Crippen LogP contribution in [-0.4, -0.2) is 0 Å². The second-order valence-electron chi connectivity index (χ2n) is 15.0. The van der Waals surface area contributed by atoms with E-state index in [2.05, 4.69) is 175 Å². The van der Waals surface area contributed by atoms with Gasteiger partial charge in [0.2, 0.25) is 0 Å². The fourth-order valence-corrected chi connectivity index (χ4v) is 10.6. The van der Waals surface area contributed by atoms with E-state index in [1.54, 1.807) is 5.56 Å². The first-order chi connectivity index (χ1) is 26.8. The summed E-state index contributed by atoms with van der Waals surface area (Å²) in [4.78, 5) is 2.45. The van der Waals surface area contributed by atoms with Crippen LogP contribution in [0.25, 0.3) is 58.9 Å². The average molecular weight is 710 g/mol. The van der Waals surface area contributed by atoms with Gasteiger partial charge >= 0.3 is 0 Å². The lowest BCUT2D eigenvalue weighted by atomic mass is 9.84. The van der Waals surface area contributed by atoms with Crippen molar-refractivity contribution in [1.82, 2.24) is 0 Å². The molecule has 0 saturated heterocycles. The Hall–Kier alpha value is -5.96. The zero-order chi connectivity index (χ0) is 35.6. The molecule has 8 aromatic carbocycles. The maximum atomic E-state index is 2.51. The molecule has 9 aromatic rings. The molecule has 0 bridgehead atoms. The minimum atomic E-state index is 0.352. The van der Waals surface area contributed by atoms with Crippen molar-refractivity contribution in [2.45, 2.75) is 38.0 Å². The lowest BCUT2D eigenvalue weighted by molar-refractivity contribution is 0.726. The molecule has 258 valence electrons. The Labute approximate surface area is 320 Å². The number of thiophene rings is 1. The van der Waals surface area contributed by atoms with E-state index >= 15 is 0 Å². The van der Waals surface area contributed by atoms with Gasteiger partial charge in [0.25, 0.3) is 0 Å². The van der Waals surface area contributed by atoms with Crippen molar-refractivity contribution < 1.29 is 0 Å². The second kappa shape index (κ2) is 12.9.